The molecule has 0 saturated carbocycles. The molecule has 0 saturated heterocycles. The smallest absolute Gasteiger partial charge is 0.263 e. The summed E-state index contributed by atoms with van der Waals surface area (Å²) in [6.45, 7) is 10.6. The fourth-order valence-electron chi connectivity index (χ4n) is 2.50. The van der Waals surface area contributed by atoms with Crippen molar-refractivity contribution < 1.29 is 4.79 Å². The van der Waals surface area contributed by atoms with E-state index in [1.165, 1.54) is 11.8 Å². The van der Waals surface area contributed by atoms with E-state index in [4.69, 9.17) is 4.98 Å². The summed E-state index contributed by atoms with van der Waals surface area (Å²) in [6, 6.07) is 0. The van der Waals surface area contributed by atoms with Crippen LogP contribution in [0.5, 0.6) is 0 Å². The molecule has 0 fully saturated rings. The predicted molar refractivity (Wildman–Crippen MR) is 102 cm³/mol. The molecule has 2 rings (SSSR count). The number of rotatable bonds is 5. The number of fused-ring (bicyclic) bond motifs is 1. The quantitative estimate of drug-likeness (QED) is 0.601. The first-order valence-electron chi connectivity index (χ1n) is 8.01. The molecule has 2 aromatic heterocycles. The molecule has 1 atom stereocenters. The Labute approximate surface area is 151 Å². The van der Waals surface area contributed by atoms with E-state index in [-0.39, 0.29) is 16.7 Å². The van der Waals surface area contributed by atoms with E-state index in [0.717, 1.165) is 15.3 Å². The maximum Gasteiger partial charge on any atom is 0.263 e. The third-order valence-electron chi connectivity index (χ3n) is 3.87. The zero-order valence-electron chi connectivity index (χ0n) is 15.3. The summed E-state index contributed by atoms with van der Waals surface area (Å²) in [5, 5.41) is 1.06. The van der Waals surface area contributed by atoms with Crippen LogP contribution in [0.1, 0.15) is 31.2 Å². The van der Waals surface area contributed by atoms with Gasteiger partial charge >= 0.3 is 0 Å². The highest BCUT2D eigenvalue weighted by molar-refractivity contribution is 8.00. The van der Waals surface area contributed by atoms with Crippen LogP contribution in [0.25, 0.3) is 10.2 Å². The summed E-state index contributed by atoms with van der Waals surface area (Å²) in [6.07, 6.45) is 0. The first-order chi connectivity index (χ1) is 11.1. The van der Waals surface area contributed by atoms with E-state index in [9.17, 15) is 9.59 Å². The van der Waals surface area contributed by atoms with Gasteiger partial charge in [0.1, 0.15) is 4.83 Å². The lowest BCUT2D eigenvalue weighted by atomic mass is 10.2. The summed E-state index contributed by atoms with van der Waals surface area (Å²) in [7, 11) is 3.48. The van der Waals surface area contributed by atoms with Gasteiger partial charge in [-0.2, -0.15) is 0 Å². The summed E-state index contributed by atoms with van der Waals surface area (Å²) in [4.78, 5) is 33.4. The van der Waals surface area contributed by atoms with Crippen LogP contribution < -0.4 is 5.56 Å². The fourth-order valence-corrected chi connectivity index (χ4v) is 4.63. The van der Waals surface area contributed by atoms with Gasteiger partial charge in [0, 0.05) is 25.5 Å². The van der Waals surface area contributed by atoms with Crippen LogP contribution in [0.4, 0.5) is 0 Å². The highest BCUT2D eigenvalue weighted by atomic mass is 32.2. The summed E-state index contributed by atoms with van der Waals surface area (Å²) >= 11 is 2.90. The molecule has 0 aliphatic heterocycles. The van der Waals surface area contributed by atoms with Crippen molar-refractivity contribution in [1.82, 2.24) is 14.5 Å². The zero-order valence-corrected chi connectivity index (χ0v) is 17.0. The van der Waals surface area contributed by atoms with Crippen LogP contribution in [0.2, 0.25) is 0 Å². The Bertz CT molecular complexity index is 821. The number of nitrogens with zero attached hydrogens (tertiary/aromatic N) is 3. The van der Waals surface area contributed by atoms with Gasteiger partial charge in [-0.15, -0.1) is 11.3 Å². The van der Waals surface area contributed by atoms with Crippen molar-refractivity contribution in [2.75, 3.05) is 14.1 Å². The minimum absolute atomic E-state index is 0.00236. The molecular formula is C17H25N3O2S2. The number of hydrogen-bond acceptors (Lipinski definition) is 5. The molecule has 1 amide bonds. The maximum absolute atomic E-state index is 13.0. The molecule has 0 aliphatic carbocycles. The number of carbonyl (C=O) groups is 1. The molecule has 0 radical (unpaired) electrons. The minimum Gasteiger partial charge on any atom is -0.348 e. The van der Waals surface area contributed by atoms with Crippen LogP contribution in [-0.2, 0) is 11.3 Å². The molecule has 0 aliphatic rings. The second-order valence-corrected chi connectivity index (χ2v) is 9.17. The van der Waals surface area contributed by atoms with Gasteiger partial charge < -0.3 is 4.90 Å². The second kappa shape index (κ2) is 7.27. The molecule has 0 aromatic carbocycles. The normalized spacial score (nSPS) is 12.8. The Morgan fingerprint density at radius 3 is 2.46 bits per heavy atom. The Morgan fingerprint density at radius 2 is 1.92 bits per heavy atom. The average molecular weight is 368 g/mol. The topological polar surface area (TPSA) is 55.2 Å². The lowest BCUT2D eigenvalue weighted by Crippen LogP contribution is -2.31. The summed E-state index contributed by atoms with van der Waals surface area (Å²) in [5.41, 5.74) is 1.02. The molecule has 0 spiro atoms. The number of thioether (sulfide) groups is 1. The number of hydrogen-bond donors (Lipinski definition) is 0. The number of thiophene rings is 1. The molecule has 132 valence electrons. The lowest BCUT2D eigenvalue weighted by molar-refractivity contribution is -0.127. The highest BCUT2D eigenvalue weighted by Gasteiger charge is 2.22. The molecular weight excluding hydrogens is 342 g/mol. The van der Waals surface area contributed by atoms with Crippen LogP contribution in [0.15, 0.2) is 9.95 Å². The molecule has 5 nitrogen and oxygen atoms in total. The third-order valence-corrected chi connectivity index (χ3v) is 6.05. The Kier molecular flexibility index (Phi) is 5.75. The van der Waals surface area contributed by atoms with Crippen LogP contribution in [-0.4, -0.2) is 39.7 Å². The average Bonchev–Trinajstić information content (AvgIpc) is 2.76. The van der Waals surface area contributed by atoms with E-state index in [0.29, 0.717) is 23.0 Å². The van der Waals surface area contributed by atoms with Gasteiger partial charge in [-0.05, 0) is 32.3 Å². The van der Waals surface area contributed by atoms with Crippen molar-refractivity contribution in [3.8, 4) is 0 Å². The zero-order chi connectivity index (χ0) is 18.2. The van der Waals surface area contributed by atoms with E-state index >= 15 is 0 Å². The standard InChI is InChI=1S/C17H25N3O2S2/c1-9(2)8-20-16(22)13-10(3)11(4)23-14(13)18-17(20)24-12(5)15(21)19(6)7/h9,12H,8H2,1-7H3/t12-/m1/s1. The van der Waals surface area contributed by atoms with Gasteiger partial charge in [-0.3, -0.25) is 14.2 Å². The van der Waals surface area contributed by atoms with E-state index in [1.54, 1.807) is 34.9 Å². The minimum atomic E-state index is -0.287. The number of aryl methyl sites for hydroxylation is 2. The largest absolute Gasteiger partial charge is 0.348 e. The van der Waals surface area contributed by atoms with Crippen LogP contribution in [0.3, 0.4) is 0 Å². The van der Waals surface area contributed by atoms with Gasteiger partial charge in [0.15, 0.2) is 5.16 Å². The van der Waals surface area contributed by atoms with Crippen molar-refractivity contribution >= 4 is 39.2 Å². The number of carbonyl (C=O) groups excluding carboxylic acids is 1. The van der Waals surface area contributed by atoms with Crippen molar-refractivity contribution in [1.29, 1.82) is 0 Å². The highest BCUT2D eigenvalue weighted by Crippen LogP contribution is 2.30. The van der Waals surface area contributed by atoms with Gasteiger partial charge in [0.25, 0.3) is 5.56 Å². The second-order valence-electron chi connectivity index (χ2n) is 6.66. The van der Waals surface area contributed by atoms with Crippen molar-refractivity contribution in [3.05, 3.63) is 20.8 Å². The molecule has 2 aromatic rings. The molecule has 7 heteroatoms. The monoisotopic (exact) mass is 367 g/mol. The summed E-state index contributed by atoms with van der Waals surface area (Å²) < 4.78 is 1.73. The van der Waals surface area contributed by atoms with E-state index in [1.807, 2.05) is 20.8 Å². The van der Waals surface area contributed by atoms with Gasteiger partial charge in [-0.1, -0.05) is 25.6 Å². The van der Waals surface area contributed by atoms with E-state index in [2.05, 4.69) is 13.8 Å². The molecule has 0 bridgehead atoms. The van der Waals surface area contributed by atoms with Crippen molar-refractivity contribution in [2.45, 2.75) is 51.6 Å². The van der Waals surface area contributed by atoms with Gasteiger partial charge in [-0.25, -0.2) is 4.98 Å². The first-order valence-corrected chi connectivity index (χ1v) is 9.71. The molecule has 0 unspecified atom stereocenters. The summed E-state index contributed by atoms with van der Waals surface area (Å²) in [5.74, 6) is 0.338. The van der Waals surface area contributed by atoms with Crippen LogP contribution in [0, 0.1) is 19.8 Å². The Hall–Kier alpha value is -1.34. The number of amides is 1. The molecule has 24 heavy (non-hydrogen) atoms. The lowest BCUT2D eigenvalue weighted by Gasteiger charge is -2.19. The molecule has 2 heterocycles. The fraction of sp³-hybridized carbons (Fsp3) is 0.588. The SMILES string of the molecule is Cc1sc2nc(S[C@H](C)C(=O)N(C)C)n(CC(C)C)c(=O)c2c1C. The van der Waals surface area contributed by atoms with Gasteiger partial charge in [0.2, 0.25) is 5.91 Å². The predicted octanol–water partition coefficient (Wildman–Crippen LogP) is 3.30. The number of aromatic nitrogens is 2. The van der Waals surface area contributed by atoms with E-state index < -0.39 is 0 Å². The first kappa shape index (κ1) is 19.0. The van der Waals surface area contributed by atoms with Crippen molar-refractivity contribution in [3.63, 3.8) is 0 Å². The maximum atomic E-state index is 13.0. The van der Waals surface area contributed by atoms with Crippen molar-refractivity contribution in [2.24, 2.45) is 5.92 Å². The van der Waals surface area contributed by atoms with Crippen LogP contribution >= 0.6 is 23.1 Å². The Balaban J connectivity index is 2.59. The third kappa shape index (κ3) is 3.67. The van der Waals surface area contributed by atoms with Gasteiger partial charge in [0.05, 0.1) is 10.6 Å². The molecule has 0 N–H and O–H groups in total. The Morgan fingerprint density at radius 1 is 1.29 bits per heavy atom.